The molecule has 0 aromatic carbocycles. The highest BCUT2D eigenvalue weighted by Crippen LogP contribution is 2.23. The number of nitrogens with zero attached hydrogens (tertiary/aromatic N) is 1. The van der Waals surface area contributed by atoms with Crippen molar-refractivity contribution in [3.8, 4) is 0 Å². The van der Waals surface area contributed by atoms with E-state index >= 15 is 0 Å². The van der Waals surface area contributed by atoms with Crippen LogP contribution in [-0.2, 0) is 0 Å². The number of hydrogen-bond donors (Lipinski definition) is 1. The lowest BCUT2D eigenvalue weighted by Gasteiger charge is -2.39. The maximum atomic E-state index is 3.51. The largest absolute Gasteiger partial charge is 0.312 e. The molecule has 2 aliphatic rings. The molecule has 0 radical (unpaired) electrons. The van der Waals surface area contributed by atoms with Crippen LogP contribution < -0.4 is 5.32 Å². The Morgan fingerprint density at radius 3 is 2.62 bits per heavy atom. The minimum atomic E-state index is 0.704. The van der Waals surface area contributed by atoms with E-state index in [4.69, 9.17) is 0 Å². The van der Waals surface area contributed by atoms with Crippen LogP contribution in [0, 0.1) is 0 Å². The van der Waals surface area contributed by atoms with Gasteiger partial charge in [-0.15, -0.1) is 0 Å². The van der Waals surface area contributed by atoms with Crippen LogP contribution in [0.2, 0.25) is 0 Å². The number of piperazine rings is 1. The van der Waals surface area contributed by atoms with Crippen molar-refractivity contribution >= 4 is 0 Å². The molecular weight excluding hydrogens is 160 g/mol. The van der Waals surface area contributed by atoms with Gasteiger partial charge in [-0.3, -0.25) is 4.90 Å². The maximum Gasteiger partial charge on any atom is 0.0167 e. The van der Waals surface area contributed by atoms with Crippen molar-refractivity contribution in [2.75, 3.05) is 19.6 Å². The Hall–Kier alpha value is -0.0800. The van der Waals surface area contributed by atoms with Gasteiger partial charge in [0.15, 0.2) is 0 Å². The van der Waals surface area contributed by atoms with Gasteiger partial charge in [-0.1, -0.05) is 19.3 Å². The summed E-state index contributed by atoms with van der Waals surface area (Å²) >= 11 is 0. The highest BCUT2D eigenvalue weighted by molar-refractivity contribution is 4.82. The van der Waals surface area contributed by atoms with Crippen molar-refractivity contribution in [3.05, 3.63) is 0 Å². The van der Waals surface area contributed by atoms with Crippen molar-refractivity contribution in [2.24, 2.45) is 0 Å². The van der Waals surface area contributed by atoms with Gasteiger partial charge >= 0.3 is 0 Å². The molecule has 0 amide bonds. The standard InChI is InChI=1S/C11H22N2/c1-10-9-13(8-7-12-10)11-5-3-2-4-6-11/h10-12H,2-9H2,1H3/t10-/m1/s1. The molecule has 1 saturated heterocycles. The summed E-state index contributed by atoms with van der Waals surface area (Å²) in [6.07, 6.45) is 7.30. The molecule has 1 aliphatic carbocycles. The van der Waals surface area contributed by atoms with Crippen LogP contribution in [-0.4, -0.2) is 36.6 Å². The van der Waals surface area contributed by atoms with Gasteiger partial charge < -0.3 is 5.32 Å². The van der Waals surface area contributed by atoms with Gasteiger partial charge in [0.05, 0.1) is 0 Å². The Labute approximate surface area is 81.7 Å². The van der Waals surface area contributed by atoms with E-state index in [1.54, 1.807) is 0 Å². The average molecular weight is 182 g/mol. The molecule has 0 aromatic rings. The zero-order valence-electron chi connectivity index (χ0n) is 8.76. The smallest absolute Gasteiger partial charge is 0.0167 e. The predicted molar refractivity (Wildman–Crippen MR) is 55.9 cm³/mol. The molecule has 0 aromatic heterocycles. The number of nitrogens with one attached hydrogen (secondary N) is 1. The molecule has 2 nitrogen and oxygen atoms in total. The molecule has 2 heteroatoms. The van der Waals surface area contributed by atoms with Crippen LogP contribution in [0.25, 0.3) is 0 Å². The summed E-state index contributed by atoms with van der Waals surface area (Å²) in [4.78, 5) is 2.71. The molecule has 2 rings (SSSR count). The van der Waals surface area contributed by atoms with E-state index in [0.29, 0.717) is 6.04 Å². The first-order valence-corrected chi connectivity index (χ1v) is 5.83. The lowest BCUT2D eigenvalue weighted by molar-refractivity contribution is 0.119. The summed E-state index contributed by atoms with van der Waals surface area (Å²) in [5.41, 5.74) is 0. The molecule has 76 valence electrons. The minimum absolute atomic E-state index is 0.704. The molecule has 1 aliphatic heterocycles. The second kappa shape index (κ2) is 4.43. The van der Waals surface area contributed by atoms with E-state index in [2.05, 4.69) is 17.1 Å². The summed E-state index contributed by atoms with van der Waals surface area (Å²) in [6, 6.07) is 1.62. The predicted octanol–water partition coefficient (Wildman–Crippen LogP) is 1.61. The summed E-state index contributed by atoms with van der Waals surface area (Å²) in [7, 11) is 0. The molecule has 1 N–H and O–H groups in total. The van der Waals surface area contributed by atoms with Crippen molar-refractivity contribution < 1.29 is 0 Å². The minimum Gasteiger partial charge on any atom is -0.312 e. The third-order valence-electron chi connectivity index (χ3n) is 3.49. The number of hydrogen-bond acceptors (Lipinski definition) is 2. The quantitative estimate of drug-likeness (QED) is 0.663. The van der Waals surface area contributed by atoms with Gasteiger partial charge in [0.1, 0.15) is 0 Å². The normalized spacial score (nSPS) is 33.5. The summed E-state index contributed by atoms with van der Waals surface area (Å²) in [5.74, 6) is 0. The molecule has 2 fully saturated rings. The molecule has 1 saturated carbocycles. The van der Waals surface area contributed by atoms with Gasteiger partial charge in [-0.25, -0.2) is 0 Å². The fourth-order valence-electron chi connectivity index (χ4n) is 2.74. The molecule has 1 heterocycles. The molecular formula is C11H22N2. The van der Waals surface area contributed by atoms with Crippen LogP contribution in [0.4, 0.5) is 0 Å². The summed E-state index contributed by atoms with van der Waals surface area (Å²) in [5, 5.41) is 3.51. The van der Waals surface area contributed by atoms with Gasteiger partial charge in [-0.05, 0) is 19.8 Å². The van der Waals surface area contributed by atoms with Crippen molar-refractivity contribution in [1.29, 1.82) is 0 Å². The Bertz CT molecular complexity index is 152. The summed E-state index contributed by atoms with van der Waals surface area (Å²) < 4.78 is 0. The van der Waals surface area contributed by atoms with Crippen LogP contribution in [0.3, 0.4) is 0 Å². The van der Waals surface area contributed by atoms with Crippen molar-refractivity contribution in [1.82, 2.24) is 10.2 Å². The average Bonchev–Trinajstić information content (AvgIpc) is 2.19. The third-order valence-corrected chi connectivity index (χ3v) is 3.49. The molecule has 0 unspecified atom stereocenters. The Kier molecular flexibility index (Phi) is 3.23. The fourth-order valence-corrected chi connectivity index (χ4v) is 2.74. The third kappa shape index (κ3) is 2.44. The highest BCUT2D eigenvalue weighted by Gasteiger charge is 2.24. The van der Waals surface area contributed by atoms with E-state index < -0.39 is 0 Å². The highest BCUT2D eigenvalue weighted by atomic mass is 15.2. The van der Waals surface area contributed by atoms with E-state index in [9.17, 15) is 0 Å². The first kappa shape index (κ1) is 9.47. The Balaban J connectivity index is 1.83. The zero-order valence-corrected chi connectivity index (χ0v) is 8.76. The summed E-state index contributed by atoms with van der Waals surface area (Å²) in [6.45, 7) is 6.03. The van der Waals surface area contributed by atoms with E-state index in [-0.39, 0.29) is 0 Å². The molecule has 13 heavy (non-hydrogen) atoms. The molecule has 0 bridgehead atoms. The molecule has 0 spiro atoms. The van der Waals surface area contributed by atoms with E-state index in [1.807, 2.05) is 0 Å². The second-order valence-corrected chi connectivity index (χ2v) is 4.64. The number of rotatable bonds is 1. The van der Waals surface area contributed by atoms with Crippen LogP contribution in [0.15, 0.2) is 0 Å². The topological polar surface area (TPSA) is 15.3 Å². The zero-order chi connectivity index (χ0) is 9.10. The van der Waals surface area contributed by atoms with Gasteiger partial charge in [0, 0.05) is 31.7 Å². The van der Waals surface area contributed by atoms with E-state index in [0.717, 1.165) is 6.04 Å². The lowest BCUT2D eigenvalue weighted by Crippen LogP contribution is -2.53. The van der Waals surface area contributed by atoms with Crippen LogP contribution in [0.1, 0.15) is 39.0 Å². The van der Waals surface area contributed by atoms with Gasteiger partial charge in [0.2, 0.25) is 0 Å². The van der Waals surface area contributed by atoms with Crippen molar-refractivity contribution in [3.63, 3.8) is 0 Å². The maximum absolute atomic E-state index is 3.51. The second-order valence-electron chi connectivity index (χ2n) is 4.64. The first-order valence-electron chi connectivity index (χ1n) is 5.83. The van der Waals surface area contributed by atoms with Crippen molar-refractivity contribution in [2.45, 2.75) is 51.1 Å². The van der Waals surface area contributed by atoms with Gasteiger partial charge in [0.25, 0.3) is 0 Å². The molecule has 1 atom stereocenters. The fraction of sp³-hybridized carbons (Fsp3) is 1.00. The Morgan fingerprint density at radius 2 is 1.92 bits per heavy atom. The van der Waals surface area contributed by atoms with Crippen LogP contribution in [0.5, 0.6) is 0 Å². The van der Waals surface area contributed by atoms with Crippen LogP contribution >= 0.6 is 0 Å². The monoisotopic (exact) mass is 182 g/mol. The SMILES string of the molecule is C[C@@H]1CN(C2CCCCC2)CCN1. The lowest BCUT2D eigenvalue weighted by atomic mass is 9.93. The Morgan fingerprint density at radius 1 is 1.15 bits per heavy atom. The van der Waals surface area contributed by atoms with Gasteiger partial charge in [-0.2, -0.15) is 0 Å². The first-order chi connectivity index (χ1) is 6.36. The van der Waals surface area contributed by atoms with E-state index in [1.165, 1.54) is 51.7 Å².